The largest absolute Gasteiger partial charge is 0.496 e. The summed E-state index contributed by atoms with van der Waals surface area (Å²) in [4.78, 5) is 4.47. The third-order valence-electron chi connectivity index (χ3n) is 2.98. The van der Waals surface area contributed by atoms with Crippen molar-refractivity contribution >= 4 is 0 Å². The van der Waals surface area contributed by atoms with Gasteiger partial charge < -0.3 is 14.5 Å². The van der Waals surface area contributed by atoms with E-state index < -0.39 is 0 Å². The van der Waals surface area contributed by atoms with Gasteiger partial charge in [-0.1, -0.05) is 18.2 Å². The van der Waals surface area contributed by atoms with Gasteiger partial charge in [0.25, 0.3) is 0 Å². The molecule has 0 aliphatic carbocycles. The first-order valence-corrected chi connectivity index (χ1v) is 5.98. The summed E-state index contributed by atoms with van der Waals surface area (Å²) >= 11 is 0. The number of methoxy groups -OCH3 is 1. The monoisotopic (exact) mass is 246 g/mol. The highest BCUT2D eigenvalue weighted by atomic mass is 16.5. The number of oxazole rings is 1. The first-order chi connectivity index (χ1) is 8.74. The predicted molar refractivity (Wildman–Crippen MR) is 69.8 cm³/mol. The number of hydrogen-bond donors (Lipinski definition) is 1. The van der Waals surface area contributed by atoms with Gasteiger partial charge in [0.05, 0.1) is 19.2 Å². The van der Waals surface area contributed by atoms with Crippen molar-refractivity contribution < 1.29 is 9.15 Å². The maximum absolute atomic E-state index is 5.48. The van der Waals surface area contributed by atoms with E-state index in [9.17, 15) is 0 Å². The van der Waals surface area contributed by atoms with Crippen LogP contribution in [-0.4, -0.2) is 19.1 Å². The van der Waals surface area contributed by atoms with Crippen molar-refractivity contribution in [1.82, 2.24) is 10.3 Å². The van der Waals surface area contributed by atoms with Gasteiger partial charge in [0.15, 0.2) is 5.89 Å². The Morgan fingerprint density at radius 1 is 1.39 bits per heavy atom. The summed E-state index contributed by atoms with van der Waals surface area (Å²) in [6.45, 7) is 2.05. The van der Waals surface area contributed by atoms with Crippen LogP contribution < -0.4 is 10.1 Å². The Morgan fingerprint density at radius 2 is 2.17 bits per heavy atom. The lowest BCUT2D eigenvalue weighted by Gasteiger charge is -2.06. The lowest BCUT2D eigenvalue weighted by molar-refractivity contribution is 0.408. The van der Waals surface area contributed by atoms with Crippen LogP contribution in [-0.2, 0) is 6.42 Å². The van der Waals surface area contributed by atoms with E-state index in [1.165, 1.54) is 0 Å². The van der Waals surface area contributed by atoms with Gasteiger partial charge in [0.1, 0.15) is 12.0 Å². The van der Waals surface area contributed by atoms with Gasteiger partial charge in [-0.15, -0.1) is 0 Å². The van der Waals surface area contributed by atoms with Gasteiger partial charge in [0, 0.05) is 11.6 Å². The van der Waals surface area contributed by atoms with Crippen molar-refractivity contribution in [3.63, 3.8) is 0 Å². The molecular formula is C14H18N2O2. The first-order valence-electron chi connectivity index (χ1n) is 5.98. The second-order valence-electron chi connectivity index (χ2n) is 4.17. The summed E-state index contributed by atoms with van der Waals surface area (Å²) in [5.41, 5.74) is 1.99. The van der Waals surface area contributed by atoms with Crippen molar-refractivity contribution in [2.24, 2.45) is 0 Å². The molecule has 0 aliphatic heterocycles. The number of ether oxygens (including phenoxy) is 1. The Balaban J connectivity index is 2.16. The Morgan fingerprint density at radius 3 is 2.89 bits per heavy atom. The summed E-state index contributed by atoms with van der Waals surface area (Å²) in [6, 6.07) is 8.09. The van der Waals surface area contributed by atoms with Crippen molar-refractivity contribution in [2.75, 3.05) is 14.2 Å². The molecule has 4 nitrogen and oxygen atoms in total. The molecule has 0 aliphatic rings. The average Bonchev–Trinajstić information content (AvgIpc) is 2.87. The van der Waals surface area contributed by atoms with Crippen molar-refractivity contribution in [3.05, 3.63) is 47.7 Å². The average molecular weight is 246 g/mol. The molecule has 18 heavy (non-hydrogen) atoms. The molecule has 1 heterocycles. The number of nitrogens with zero attached hydrogens (tertiary/aromatic N) is 1. The molecule has 1 aromatic carbocycles. The second-order valence-corrected chi connectivity index (χ2v) is 4.17. The molecule has 0 bridgehead atoms. The fourth-order valence-corrected chi connectivity index (χ4v) is 1.76. The van der Waals surface area contributed by atoms with Gasteiger partial charge >= 0.3 is 0 Å². The van der Waals surface area contributed by atoms with E-state index >= 15 is 0 Å². The zero-order chi connectivity index (χ0) is 13.0. The molecule has 1 unspecified atom stereocenters. The van der Waals surface area contributed by atoms with Gasteiger partial charge in [-0.05, 0) is 20.0 Å². The van der Waals surface area contributed by atoms with E-state index in [4.69, 9.17) is 9.15 Å². The minimum Gasteiger partial charge on any atom is -0.496 e. The normalized spacial score (nSPS) is 12.4. The lowest BCUT2D eigenvalue weighted by Crippen LogP contribution is -2.12. The van der Waals surface area contributed by atoms with Gasteiger partial charge in [0.2, 0.25) is 0 Å². The molecule has 1 aromatic heterocycles. The summed E-state index contributed by atoms with van der Waals surface area (Å²) in [6.07, 6.45) is 2.34. The van der Waals surface area contributed by atoms with Crippen LogP contribution in [0.4, 0.5) is 0 Å². The molecule has 0 spiro atoms. The molecule has 2 aromatic rings. The molecule has 96 valence electrons. The highest BCUT2D eigenvalue weighted by molar-refractivity contribution is 5.35. The smallest absolute Gasteiger partial charge is 0.198 e. The minimum atomic E-state index is 0.195. The SMILES string of the molecule is CNC(C)c1coc(Cc2ccccc2OC)n1. The Hall–Kier alpha value is -1.81. The Labute approximate surface area is 107 Å². The zero-order valence-electron chi connectivity index (χ0n) is 10.9. The number of rotatable bonds is 5. The number of nitrogens with one attached hydrogen (secondary N) is 1. The van der Waals surface area contributed by atoms with Crippen LogP contribution in [0.25, 0.3) is 0 Å². The minimum absolute atomic E-state index is 0.195. The summed E-state index contributed by atoms with van der Waals surface area (Å²) in [7, 11) is 3.57. The van der Waals surface area contributed by atoms with E-state index in [0.29, 0.717) is 12.3 Å². The van der Waals surface area contributed by atoms with Crippen LogP contribution in [0.15, 0.2) is 34.9 Å². The van der Waals surface area contributed by atoms with Crippen LogP contribution in [0, 0.1) is 0 Å². The van der Waals surface area contributed by atoms with Gasteiger partial charge in [-0.3, -0.25) is 0 Å². The molecule has 0 amide bonds. The highest BCUT2D eigenvalue weighted by Gasteiger charge is 2.11. The molecule has 2 rings (SSSR count). The fourth-order valence-electron chi connectivity index (χ4n) is 1.76. The van der Waals surface area contributed by atoms with Crippen molar-refractivity contribution in [3.8, 4) is 5.75 Å². The van der Waals surface area contributed by atoms with E-state index in [1.54, 1.807) is 13.4 Å². The number of hydrogen-bond acceptors (Lipinski definition) is 4. The fraction of sp³-hybridized carbons (Fsp3) is 0.357. The second kappa shape index (κ2) is 5.69. The van der Waals surface area contributed by atoms with Crippen LogP contribution >= 0.6 is 0 Å². The maximum atomic E-state index is 5.48. The molecule has 1 atom stereocenters. The molecule has 0 fully saturated rings. The number of aromatic nitrogens is 1. The van der Waals surface area contributed by atoms with E-state index in [1.807, 2.05) is 38.2 Å². The van der Waals surface area contributed by atoms with Gasteiger partial charge in [-0.25, -0.2) is 4.98 Å². The molecule has 0 saturated carbocycles. The van der Waals surface area contributed by atoms with Crippen LogP contribution in [0.2, 0.25) is 0 Å². The number of benzene rings is 1. The predicted octanol–water partition coefficient (Wildman–Crippen LogP) is 2.55. The van der Waals surface area contributed by atoms with E-state index in [2.05, 4.69) is 10.3 Å². The third-order valence-corrected chi connectivity index (χ3v) is 2.98. The quantitative estimate of drug-likeness (QED) is 0.880. The standard InChI is InChI=1S/C14H18N2O2/c1-10(15-2)12-9-18-14(16-12)8-11-6-4-5-7-13(11)17-3/h4-7,9-10,15H,8H2,1-3H3. The van der Waals surface area contributed by atoms with Crippen LogP contribution in [0.5, 0.6) is 5.75 Å². The maximum Gasteiger partial charge on any atom is 0.198 e. The summed E-state index contributed by atoms with van der Waals surface area (Å²) in [5, 5.41) is 3.13. The number of para-hydroxylation sites is 1. The molecular weight excluding hydrogens is 228 g/mol. The van der Waals surface area contributed by atoms with Gasteiger partial charge in [-0.2, -0.15) is 0 Å². The molecule has 0 saturated heterocycles. The van der Waals surface area contributed by atoms with E-state index in [0.717, 1.165) is 17.0 Å². The third kappa shape index (κ3) is 2.71. The molecule has 1 N–H and O–H groups in total. The van der Waals surface area contributed by atoms with Crippen molar-refractivity contribution in [2.45, 2.75) is 19.4 Å². The topological polar surface area (TPSA) is 47.3 Å². The lowest BCUT2D eigenvalue weighted by atomic mass is 10.1. The van der Waals surface area contributed by atoms with Crippen molar-refractivity contribution in [1.29, 1.82) is 0 Å². The Bertz CT molecular complexity index is 508. The summed E-state index contributed by atoms with van der Waals surface area (Å²) < 4.78 is 10.8. The summed E-state index contributed by atoms with van der Waals surface area (Å²) in [5.74, 6) is 1.57. The van der Waals surface area contributed by atoms with Crippen LogP contribution in [0.3, 0.4) is 0 Å². The molecule has 4 heteroatoms. The van der Waals surface area contributed by atoms with Crippen LogP contribution in [0.1, 0.15) is 30.1 Å². The molecule has 0 radical (unpaired) electrons. The van der Waals surface area contributed by atoms with E-state index in [-0.39, 0.29) is 6.04 Å². The first kappa shape index (κ1) is 12.6. The highest BCUT2D eigenvalue weighted by Crippen LogP contribution is 2.21. The zero-order valence-corrected chi connectivity index (χ0v) is 10.9. The Kier molecular flexibility index (Phi) is 3.99.